The highest BCUT2D eigenvalue weighted by Gasteiger charge is 2.32. The first kappa shape index (κ1) is 24.1. The molecule has 184 valence electrons. The van der Waals surface area contributed by atoms with Gasteiger partial charge < -0.3 is 9.80 Å². The fraction of sp³-hybridized carbons (Fsp3) is 0.290. The van der Waals surface area contributed by atoms with E-state index in [9.17, 15) is 14.0 Å². The second-order valence-electron chi connectivity index (χ2n) is 9.61. The van der Waals surface area contributed by atoms with Crippen molar-refractivity contribution in [3.8, 4) is 0 Å². The highest BCUT2D eigenvalue weighted by atomic mass is 19.1. The summed E-state index contributed by atoms with van der Waals surface area (Å²) in [6.45, 7) is 3.64. The second kappa shape index (κ2) is 11.0. The lowest BCUT2D eigenvalue weighted by molar-refractivity contribution is -0.113. The van der Waals surface area contributed by atoms with Gasteiger partial charge in [-0.3, -0.25) is 9.59 Å². The number of halogens is 1. The highest BCUT2D eigenvalue weighted by Crippen LogP contribution is 2.38. The van der Waals surface area contributed by atoms with E-state index in [0.29, 0.717) is 23.1 Å². The zero-order valence-corrected chi connectivity index (χ0v) is 20.5. The van der Waals surface area contributed by atoms with Gasteiger partial charge in [-0.25, -0.2) is 4.39 Å². The Balaban J connectivity index is 1.27. The van der Waals surface area contributed by atoms with Crippen molar-refractivity contribution in [1.82, 2.24) is 4.90 Å². The molecule has 1 fully saturated rings. The lowest BCUT2D eigenvalue weighted by atomic mass is 10.0. The van der Waals surface area contributed by atoms with Gasteiger partial charge in [0.2, 0.25) is 0 Å². The molecule has 5 heteroatoms. The lowest BCUT2D eigenvalue weighted by Crippen LogP contribution is -2.26. The third-order valence-electron chi connectivity index (χ3n) is 7.12. The summed E-state index contributed by atoms with van der Waals surface area (Å²) in [6.07, 6.45) is 6.97. The van der Waals surface area contributed by atoms with Crippen LogP contribution < -0.4 is 4.90 Å². The second-order valence-corrected chi connectivity index (χ2v) is 9.61. The van der Waals surface area contributed by atoms with E-state index in [-0.39, 0.29) is 24.1 Å². The van der Waals surface area contributed by atoms with Crippen molar-refractivity contribution >= 4 is 29.0 Å². The standard InChI is InChI=1S/C31H31FN2O2/c32-28-11-3-1-9-25(28)22-34-29-12-4-2-10-26(29)27(31(34)36)21-23-14-16-24(17-15-23)30(35)13-5-6-18-33-19-7-8-20-33/h1-4,9-12,14-17,21H,5-8,13,18-20,22H2/b27-21-. The number of likely N-dealkylation sites (tertiary alicyclic amines) is 1. The van der Waals surface area contributed by atoms with Gasteiger partial charge in [0, 0.05) is 28.7 Å². The van der Waals surface area contributed by atoms with Crippen LogP contribution in [0.4, 0.5) is 10.1 Å². The van der Waals surface area contributed by atoms with E-state index in [0.717, 1.165) is 36.2 Å². The van der Waals surface area contributed by atoms with Gasteiger partial charge in [0.1, 0.15) is 5.82 Å². The van der Waals surface area contributed by atoms with Crippen LogP contribution >= 0.6 is 0 Å². The Morgan fingerprint density at radius 3 is 2.39 bits per heavy atom. The molecule has 4 nitrogen and oxygen atoms in total. The number of carbonyl (C=O) groups excluding carboxylic acids is 2. The van der Waals surface area contributed by atoms with E-state index >= 15 is 0 Å². The molecule has 3 aromatic carbocycles. The molecule has 0 N–H and O–H groups in total. The van der Waals surface area contributed by atoms with E-state index in [1.807, 2.05) is 54.6 Å². The largest absolute Gasteiger partial charge is 0.303 e. The molecule has 2 heterocycles. The molecular weight excluding hydrogens is 451 g/mol. The molecular formula is C31H31FN2O2. The summed E-state index contributed by atoms with van der Waals surface area (Å²) in [5.41, 5.74) is 4.21. The van der Waals surface area contributed by atoms with E-state index < -0.39 is 0 Å². The molecule has 0 unspecified atom stereocenters. The van der Waals surface area contributed by atoms with E-state index in [2.05, 4.69) is 4.90 Å². The maximum Gasteiger partial charge on any atom is 0.259 e. The highest BCUT2D eigenvalue weighted by molar-refractivity contribution is 6.35. The number of fused-ring (bicyclic) bond motifs is 1. The first-order valence-corrected chi connectivity index (χ1v) is 12.8. The zero-order valence-electron chi connectivity index (χ0n) is 20.5. The van der Waals surface area contributed by atoms with Gasteiger partial charge in [-0.05, 0) is 69.1 Å². The molecule has 1 saturated heterocycles. The SMILES string of the molecule is O=C(CCCCN1CCCC1)c1ccc(/C=C2\C(=O)N(Cc3ccccc3F)c3ccccc32)cc1. The Kier molecular flexibility index (Phi) is 7.38. The van der Waals surface area contributed by atoms with Crippen molar-refractivity contribution in [1.29, 1.82) is 0 Å². The third-order valence-corrected chi connectivity index (χ3v) is 7.12. The van der Waals surface area contributed by atoms with Gasteiger partial charge in [0.25, 0.3) is 5.91 Å². The minimum Gasteiger partial charge on any atom is -0.303 e. The molecule has 1 amide bonds. The number of Topliss-reactive ketones (excluding diaryl/α,β-unsaturated/α-hetero) is 1. The fourth-order valence-electron chi connectivity index (χ4n) is 5.10. The Morgan fingerprint density at radius 2 is 1.61 bits per heavy atom. The van der Waals surface area contributed by atoms with Crippen molar-refractivity contribution in [3.05, 3.63) is 101 Å². The quantitative estimate of drug-likeness (QED) is 0.202. The summed E-state index contributed by atoms with van der Waals surface area (Å²) in [5, 5.41) is 0. The van der Waals surface area contributed by atoms with Crippen molar-refractivity contribution in [3.63, 3.8) is 0 Å². The van der Waals surface area contributed by atoms with Gasteiger partial charge in [-0.1, -0.05) is 60.7 Å². The Morgan fingerprint density at radius 1 is 0.889 bits per heavy atom. The van der Waals surface area contributed by atoms with Gasteiger partial charge in [0.05, 0.1) is 12.2 Å². The first-order chi connectivity index (χ1) is 17.6. The third kappa shape index (κ3) is 5.31. The molecule has 0 bridgehead atoms. The average molecular weight is 483 g/mol. The monoisotopic (exact) mass is 482 g/mol. The van der Waals surface area contributed by atoms with Gasteiger partial charge in [-0.15, -0.1) is 0 Å². The molecule has 0 aliphatic carbocycles. The van der Waals surface area contributed by atoms with Crippen LogP contribution in [0.3, 0.4) is 0 Å². The normalized spacial score (nSPS) is 16.6. The number of para-hydroxylation sites is 1. The molecule has 2 aliphatic rings. The summed E-state index contributed by atoms with van der Waals surface area (Å²) in [7, 11) is 0. The van der Waals surface area contributed by atoms with Crippen LogP contribution in [0.15, 0.2) is 72.8 Å². The minimum absolute atomic E-state index is 0.155. The van der Waals surface area contributed by atoms with E-state index in [1.165, 1.54) is 32.0 Å². The predicted octanol–water partition coefficient (Wildman–Crippen LogP) is 6.36. The number of ketones is 1. The number of amides is 1. The van der Waals surface area contributed by atoms with Crippen LogP contribution in [0.1, 0.15) is 59.2 Å². The summed E-state index contributed by atoms with van der Waals surface area (Å²) in [6, 6.07) is 21.6. The van der Waals surface area contributed by atoms with E-state index in [1.54, 1.807) is 23.1 Å². The maximum absolute atomic E-state index is 14.3. The van der Waals surface area contributed by atoms with Crippen molar-refractivity contribution in [2.24, 2.45) is 0 Å². The minimum atomic E-state index is -0.323. The topological polar surface area (TPSA) is 40.6 Å². The van der Waals surface area contributed by atoms with Gasteiger partial charge in [0.15, 0.2) is 5.78 Å². The maximum atomic E-state index is 14.3. The number of carbonyl (C=O) groups is 2. The average Bonchev–Trinajstić information content (AvgIpc) is 3.51. The predicted molar refractivity (Wildman–Crippen MR) is 142 cm³/mol. The van der Waals surface area contributed by atoms with Crippen LogP contribution in [0.2, 0.25) is 0 Å². The lowest BCUT2D eigenvalue weighted by Gasteiger charge is -2.17. The van der Waals surface area contributed by atoms with Crippen molar-refractivity contribution < 1.29 is 14.0 Å². The van der Waals surface area contributed by atoms with Crippen LogP contribution in [0.5, 0.6) is 0 Å². The summed E-state index contributed by atoms with van der Waals surface area (Å²) in [5.74, 6) is -0.317. The number of hydrogen-bond donors (Lipinski definition) is 0. The Hall–Kier alpha value is -3.57. The molecule has 5 rings (SSSR count). The summed E-state index contributed by atoms with van der Waals surface area (Å²) >= 11 is 0. The van der Waals surface area contributed by atoms with Gasteiger partial charge >= 0.3 is 0 Å². The molecule has 0 aromatic heterocycles. The molecule has 0 radical (unpaired) electrons. The van der Waals surface area contributed by atoms with Crippen LogP contribution in [0.25, 0.3) is 11.6 Å². The molecule has 36 heavy (non-hydrogen) atoms. The van der Waals surface area contributed by atoms with Crippen LogP contribution in [-0.2, 0) is 11.3 Å². The molecule has 0 spiro atoms. The number of unbranched alkanes of at least 4 members (excludes halogenated alkanes) is 1. The molecule has 2 aliphatic heterocycles. The van der Waals surface area contributed by atoms with Gasteiger partial charge in [-0.2, -0.15) is 0 Å². The number of rotatable bonds is 9. The Labute approximate surface area is 212 Å². The molecule has 0 saturated carbocycles. The molecule has 0 atom stereocenters. The number of benzene rings is 3. The van der Waals surface area contributed by atoms with Crippen molar-refractivity contribution in [2.45, 2.75) is 38.6 Å². The smallest absolute Gasteiger partial charge is 0.259 e. The number of nitrogens with zero attached hydrogens (tertiary/aromatic N) is 2. The Bertz CT molecular complexity index is 1280. The summed E-state index contributed by atoms with van der Waals surface area (Å²) < 4.78 is 14.3. The fourth-order valence-corrected chi connectivity index (χ4v) is 5.10. The number of anilines is 1. The molecule has 3 aromatic rings. The van der Waals surface area contributed by atoms with Crippen LogP contribution in [0, 0.1) is 5.82 Å². The van der Waals surface area contributed by atoms with Crippen molar-refractivity contribution in [2.75, 3.05) is 24.5 Å². The summed E-state index contributed by atoms with van der Waals surface area (Å²) in [4.78, 5) is 30.1. The van der Waals surface area contributed by atoms with E-state index in [4.69, 9.17) is 0 Å². The first-order valence-electron chi connectivity index (χ1n) is 12.8. The van der Waals surface area contributed by atoms with Crippen LogP contribution in [-0.4, -0.2) is 36.2 Å². The zero-order chi connectivity index (χ0) is 24.9. The number of hydrogen-bond acceptors (Lipinski definition) is 3.